The van der Waals surface area contributed by atoms with Crippen molar-refractivity contribution in [3.63, 3.8) is 0 Å². The number of hydrogen-bond acceptors (Lipinski definition) is 4. The molecule has 1 aliphatic heterocycles. The van der Waals surface area contributed by atoms with E-state index in [0.29, 0.717) is 11.8 Å². The van der Waals surface area contributed by atoms with Gasteiger partial charge in [0.05, 0.1) is 11.7 Å². The van der Waals surface area contributed by atoms with Gasteiger partial charge in [-0.15, -0.1) is 11.8 Å². The maximum atomic E-state index is 5.09. The first kappa shape index (κ1) is 17.9. The maximum absolute atomic E-state index is 5.09. The van der Waals surface area contributed by atoms with Crippen molar-refractivity contribution in [3.05, 3.63) is 95.1 Å². The van der Waals surface area contributed by atoms with Crippen molar-refractivity contribution in [2.24, 2.45) is 4.99 Å². The third-order valence-corrected chi connectivity index (χ3v) is 7.43. The maximum Gasteiger partial charge on any atom is 0.137 e. The Hall–Kier alpha value is -2.92. The van der Waals surface area contributed by atoms with E-state index in [1.165, 1.54) is 22.4 Å². The number of aliphatic imine (C=N–C) groups is 1. The van der Waals surface area contributed by atoms with E-state index in [-0.39, 0.29) is 6.04 Å². The average molecular weight is 411 g/mol. The summed E-state index contributed by atoms with van der Waals surface area (Å²) < 4.78 is 0. The van der Waals surface area contributed by atoms with Crippen LogP contribution in [0.3, 0.4) is 0 Å². The van der Waals surface area contributed by atoms with E-state index in [1.807, 2.05) is 36.4 Å². The number of pyridine rings is 2. The van der Waals surface area contributed by atoms with Crippen molar-refractivity contribution in [3.8, 4) is 0 Å². The molecular weight excluding hydrogens is 388 g/mol. The molecular formula is C25H22N4S. The Kier molecular flexibility index (Phi) is 4.23. The predicted molar refractivity (Wildman–Crippen MR) is 123 cm³/mol. The number of nitrogens with zero attached hydrogens (tertiary/aromatic N) is 3. The molecule has 3 aromatic heterocycles. The van der Waals surface area contributed by atoms with Crippen LogP contribution in [0.25, 0.3) is 11.0 Å². The average Bonchev–Trinajstić information content (AvgIpc) is 3.51. The lowest BCUT2D eigenvalue weighted by molar-refractivity contribution is 0.680. The van der Waals surface area contributed by atoms with Crippen molar-refractivity contribution in [1.29, 1.82) is 0 Å². The molecule has 0 saturated carbocycles. The van der Waals surface area contributed by atoms with E-state index in [2.05, 4.69) is 59.4 Å². The Bertz CT molecular complexity index is 1270. The van der Waals surface area contributed by atoms with Gasteiger partial charge in [-0.2, -0.15) is 0 Å². The summed E-state index contributed by atoms with van der Waals surface area (Å²) in [5.41, 5.74) is 7.38. The molecule has 5 heteroatoms. The highest BCUT2D eigenvalue weighted by atomic mass is 32.2. The Morgan fingerprint density at radius 3 is 2.83 bits per heavy atom. The second-order valence-corrected chi connectivity index (χ2v) is 9.21. The molecule has 4 aromatic rings. The molecule has 1 N–H and O–H groups in total. The molecule has 0 fully saturated rings. The fourth-order valence-electron chi connectivity index (χ4n) is 4.83. The zero-order chi connectivity index (χ0) is 20.1. The largest absolute Gasteiger partial charge is 0.345 e. The minimum atomic E-state index is 0.189. The van der Waals surface area contributed by atoms with Crippen LogP contribution in [0.4, 0.5) is 0 Å². The van der Waals surface area contributed by atoms with E-state index in [1.54, 1.807) is 0 Å². The zero-order valence-electron chi connectivity index (χ0n) is 16.7. The van der Waals surface area contributed by atoms with E-state index >= 15 is 0 Å². The summed E-state index contributed by atoms with van der Waals surface area (Å²) >= 11 is 1.83. The molecule has 0 bridgehead atoms. The van der Waals surface area contributed by atoms with Crippen molar-refractivity contribution in [2.75, 3.05) is 5.75 Å². The fourth-order valence-corrected chi connectivity index (χ4v) is 5.94. The third-order valence-electron chi connectivity index (χ3n) is 6.35. The third kappa shape index (κ3) is 2.88. The van der Waals surface area contributed by atoms with Gasteiger partial charge in [0.2, 0.25) is 0 Å². The number of H-pyrrole nitrogens is 1. The second kappa shape index (κ2) is 7.10. The molecule has 148 valence electrons. The molecule has 0 spiro atoms. The van der Waals surface area contributed by atoms with Gasteiger partial charge < -0.3 is 4.98 Å². The monoisotopic (exact) mass is 410 g/mol. The lowest BCUT2D eigenvalue weighted by atomic mass is 9.92. The molecule has 6 rings (SSSR count). The summed E-state index contributed by atoms with van der Waals surface area (Å²) in [4.78, 5) is 17.5. The normalized spacial score (nSPS) is 23.0. The number of nitrogens with one attached hydrogen (secondary N) is 1. The van der Waals surface area contributed by atoms with Crippen LogP contribution < -0.4 is 0 Å². The minimum Gasteiger partial charge on any atom is -0.345 e. The van der Waals surface area contributed by atoms with Crippen molar-refractivity contribution in [2.45, 2.75) is 31.2 Å². The molecule has 0 radical (unpaired) electrons. The first-order chi connectivity index (χ1) is 14.8. The highest BCUT2D eigenvalue weighted by molar-refractivity contribution is 8.14. The van der Waals surface area contributed by atoms with Crippen LogP contribution in [0.5, 0.6) is 0 Å². The van der Waals surface area contributed by atoms with Crippen molar-refractivity contribution < 1.29 is 0 Å². The number of hydrogen-bond donors (Lipinski definition) is 1. The summed E-state index contributed by atoms with van der Waals surface area (Å²) in [6, 6.07) is 17.6. The molecule has 0 amide bonds. The molecule has 0 saturated heterocycles. The number of aromatic nitrogens is 3. The van der Waals surface area contributed by atoms with Gasteiger partial charge in [-0.1, -0.05) is 37.3 Å². The Balaban J connectivity index is 1.33. The number of thioether (sulfide) groups is 1. The van der Waals surface area contributed by atoms with Gasteiger partial charge in [-0.3, -0.25) is 9.98 Å². The zero-order valence-corrected chi connectivity index (χ0v) is 17.6. The van der Waals surface area contributed by atoms with E-state index < -0.39 is 0 Å². The number of benzene rings is 1. The highest BCUT2D eigenvalue weighted by Gasteiger charge is 2.31. The number of rotatable bonds is 3. The molecule has 1 aromatic carbocycles. The lowest BCUT2D eigenvalue weighted by Crippen LogP contribution is -2.01. The summed E-state index contributed by atoms with van der Waals surface area (Å²) in [5.74, 6) is 1.92. The van der Waals surface area contributed by atoms with Crippen LogP contribution in [0, 0.1) is 0 Å². The summed E-state index contributed by atoms with van der Waals surface area (Å²) in [7, 11) is 0. The molecule has 3 unspecified atom stereocenters. The van der Waals surface area contributed by atoms with Gasteiger partial charge >= 0.3 is 0 Å². The summed E-state index contributed by atoms with van der Waals surface area (Å²) in [6.45, 7) is 2.31. The Morgan fingerprint density at radius 1 is 1.00 bits per heavy atom. The summed E-state index contributed by atoms with van der Waals surface area (Å²) in [6.07, 6.45) is 6.91. The molecule has 4 nitrogen and oxygen atoms in total. The SMILES string of the molecule is CC1CC(c2cccc(C3CSC(c4c[nH]c5ncccc45)=N3)c2)c2ncccc21. The second-order valence-electron chi connectivity index (χ2n) is 8.20. The molecule has 2 aliphatic rings. The van der Waals surface area contributed by atoms with E-state index in [4.69, 9.17) is 9.98 Å². The van der Waals surface area contributed by atoms with Gasteiger partial charge in [-0.25, -0.2) is 4.98 Å². The van der Waals surface area contributed by atoms with Gasteiger partial charge in [0, 0.05) is 41.2 Å². The quantitative estimate of drug-likeness (QED) is 0.462. The van der Waals surface area contributed by atoms with Crippen LogP contribution in [-0.4, -0.2) is 25.7 Å². The lowest BCUT2D eigenvalue weighted by Gasteiger charge is -2.14. The standard InChI is InChI=1S/C25H22N4S/c1-15-11-20(23-18(15)7-3-9-26-23)16-5-2-6-17(12-16)22-14-30-25(29-22)21-13-28-24-19(21)8-4-10-27-24/h2-10,12-13,15,20,22H,11,14H2,1H3,(H,27,28). The van der Waals surface area contributed by atoms with Crippen molar-refractivity contribution >= 4 is 27.8 Å². The van der Waals surface area contributed by atoms with Gasteiger partial charge in [0.1, 0.15) is 10.7 Å². The van der Waals surface area contributed by atoms with Gasteiger partial charge in [0.15, 0.2) is 0 Å². The number of aromatic amines is 1. The number of fused-ring (bicyclic) bond motifs is 2. The smallest absolute Gasteiger partial charge is 0.137 e. The van der Waals surface area contributed by atoms with Crippen LogP contribution in [0.15, 0.2) is 72.1 Å². The fraction of sp³-hybridized carbons (Fsp3) is 0.240. The van der Waals surface area contributed by atoms with Gasteiger partial charge in [-0.05, 0) is 47.2 Å². The van der Waals surface area contributed by atoms with Crippen molar-refractivity contribution in [1.82, 2.24) is 15.0 Å². The van der Waals surface area contributed by atoms with Gasteiger partial charge in [0.25, 0.3) is 0 Å². The molecule has 4 heterocycles. The molecule has 3 atom stereocenters. The Morgan fingerprint density at radius 2 is 1.87 bits per heavy atom. The highest BCUT2D eigenvalue weighted by Crippen LogP contribution is 2.44. The summed E-state index contributed by atoms with van der Waals surface area (Å²) in [5, 5.41) is 2.24. The molecule has 30 heavy (non-hydrogen) atoms. The van der Waals surface area contributed by atoms with Crippen LogP contribution >= 0.6 is 11.8 Å². The van der Waals surface area contributed by atoms with Crippen LogP contribution in [-0.2, 0) is 0 Å². The Labute approximate surface area is 179 Å². The van der Waals surface area contributed by atoms with E-state index in [0.717, 1.165) is 33.8 Å². The van der Waals surface area contributed by atoms with E-state index in [9.17, 15) is 0 Å². The predicted octanol–water partition coefficient (Wildman–Crippen LogP) is 5.83. The topological polar surface area (TPSA) is 53.9 Å². The first-order valence-electron chi connectivity index (χ1n) is 10.5. The molecule has 1 aliphatic carbocycles. The first-order valence-corrected chi connectivity index (χ1v) is 11.4. The van der Waals surface area contributed by atoms with Crippen LogP contribution in [0.1, 0.15) is 59.2 Å². The minimum absolute atomic E-state index is 0.189. The van der Waals surface area contributed by atoms with Crippen LogP contribution in [0.2, 0.25) is 0 Å².